The van der Waals surface area contributed by atoms with Crippen LogP contribution in [-0.4, -0.2) is 42.3 Å². The normalized spacial score (nSPS) is 16.2. The Kier molecular flexibility index (Phi) is 5.60. The topological polar surface area (TPSA) is 69.7 Å². The Labute approximate surface area is 166 Å². The van der Waals surface area contributed by atoms with Crippen LogP contribution in [0.5, 0.6) is 0 Å². The van der Waals surface area contributed by atoms with E-state index >= 15 is 0 Å². The molecular weight excluding hydrogens is 410 g/mol. The molecule has 27 heavy (non-hydrogen) atoms. The number of likely N-dealkylation sites (N-methyl/N-ethyl adjacent to an activating group) is 1. The van der Waals surface area contributed by atoms with E-state index in [4.69, 9.17) is 0 Å². The first-order valence-corrected chi connectivity index (χ1v) is 9.38. The maximum absolute atomic E-state index is 13.0. The fourth-order valence-electron chi connectivity index (χ4n) is 3.13. The van der Waals surface area contributed by atoms with Crippen molar-refractivity contribution in [1.82, 2.24) is 4.90 Å². The molecule has 0 spiro atoms. The van der Waals surface area contributed by atoms with Gasteiger partial charge in [-0.3, -0.25) is 14.4 Å². The Hall–Kier alpha value is -2.67. The highest BCUT2D eigenvalue weighted by molar-refractivity contribution is 9.10. The minimum Gasteiger partial charge on any atom is -0.332 e. The number of carbonyl (C=O) groups is 3. The lowest BCUT2D eigenvalue weighted by atomic mass is 10.1. The molecule has 0 radical (unpaired) electrons. The Morgan fingerprint density at radius 1 is 1.19 bits per heavy atom. The van der Waals surface area contributed by atoms with Gasteiger partial charge in [0.15, 0.2) is 0 Å². The quantitative estimate of drug-likeness (QED) is 0.813. The fraction of sp³-hybridized carbons (Fsp3) is 0.250. The van der Waals surface area contributed by atoms with Crippen LogP contribution in [0.1, 0.15) is 23.7 Å². The summed E-state index contributed by atoms with van der Waals surface area (Å²) < 4.78 is 0.880. The van der Waals surface area contributed by atoms with Crippen LogP contribution in [0.2, 0.25) is 0 Å². The molecule has 0 bridgehead atoms. The van der Waals surface area contributed by atoms with Crippen LogP contribution >= 0.6 is 15.9 Å². The predicted molar refractivity (Wildman–Crippen MR) is 108 cm³/mol. The maximum atomic E-state index is 13.0. The van der Waals surface area contributed by atoms with Gasteiger partial charge in [0, 0.05) is 29.5 Å². The average molecular weight is 430 g/mol. The van der Waals surface area contributed by atoms with E-state index in [-0.39, 0.29) is 36.7 Å². The molecule has 0 aliphatic carbocycles. The highest BCUT2D eigenvalue weighted by Gasteiger charge is 2.30. The molecule has 2 aromatic rings. The van der Waals surface area contributed by atoms with Crippen LogP contribution in [-0.2, 0) is 9.59 Å². The van der Waals surface area contributed by atoms with Gasteiger partial charge in [-0.05, 0) is 43.3 Å². The van der Waals surface area contributed by atoms with Crippen LogP contribution < -0.4 is 10.2 Å². The van der Waals surface area contributed by atoms with Gasteiger partial charge in [0.2, 0.25) is 11.8 Å². The largest absolute Gasteiger partial charge is 0.332 e. The van der Waals surface area contributed by atoms with E-state index in [9.17, 15) is 14.4 Å². The van der Waals surface area contributed by atoms with Crippen LogP contribution in [0.15, 0.2) is 53.0 Å². The zero-order valence-electron chi connectivity index (χ0n) is 15.1. The minimum absolute atomic E-state index is 0.0816. The van der Waals surface area contributed by atoms with Gasteiger partial charge in [0.25, 0.3) is 5.91 Å². The Morgan fingerprint density at radius 2 is 1.85 bits per heavy atom. The molecule has 0 unspecified atom stereocenters. The molecule has 0 fully saturated rings. The highest BCUT2D eigenvalue weighted by Crippen LogP contribution is 2.31. The van der Waals surface area contributed by atoms with Crippen molar-refractivity contribution in [3.8, 4) is 0 Å². The number of nitrogens with one attached hydrogen (secondary N) is 1. The minimum atomic E-state index is -0.308. The highest BCUT2D eigenvalue weighted by atomic mass is 79.9. The van der Waals surface area contributed by atoms with Crippen molar-refractivity contribution in [2.45, 2.75) is 19.4 Å². The lowest BCUT2D eigenvalue weighted by molar-refractivity contribution is -0.119. The smallest absolute Gasteiger partial charge is 0.254 e. The van der Waals surface area contributed by atoms with Crippen LogP contribution in [0.4, 0.5) is 11.4 Å². The fourth-order valence-corrected chi connectivity index (χ4v) is 3.40. The summed E-state index contributed by atoms with van der Waals surface area (Å²) in [5.41, 5.74) is 1.75. The lowest BCUT2D eigenvalue weighted by Gasteiger charge is -2.29. The number of anilines is 2. The number of fused-ring (bicyclic) bond motifs is 1. The third kappa shape index (κ3) is 4.19. The molecule has 1 aliphatic rings. The predicted octanol–water partition coefficient (Wildman–Crippen LogP) is 3.29. The van der Waals surface area contributed by atoms with Crippen molar-refractivity contribution in [2.75, 3.05) is 23.8 Å². The first kappa shape index (κ1) is 19.1. The Bertz CT molecular complexity index is 882. The summed E-state index contributed by atoms with van der Waals surface area (Å²) in [6.07, 6.45) is 0.199. The first-order valence-electron chi connectivity index (χ1n) is 8.59. The molecule has 6 nitrogen and oxygen atoms in total. The third-order valence-electron chi connectivity index (χ3n) is 4.44. The van der Waals surface area contributed by atoms with Crippen molar-refractivity contribution >= 4 is 45.0 Å². The zero-order valence-corrected chi connectivity index (χ0v) is 16.7. The molecule has 3 rings (SSSR count). The standard InChI is InChI=1S/C20H20BrN3O3/c1-13-11-18(25)22-16-5-3-4-6-17(16)24(13)19(26)12-23(2)20(27)14-7-9-15(21)10-8-14/h3-10,13H,11-12H2,1-2H3,(H,22,25)/t13-/m1/s1. The van der Waals surface area contributed by atoms with Gasteiger partial charge in [0.1, 0.15) is 6.54 Å². The van der Waals surface area contributed by atoms with Crippen molar-refractivity contribution in [3.05, 3.63) is 58.6 Å². The van der Waals surface area contributed by atoms with Crippen molar-refractivity contribution in [1.29, 1.82) is 0 Å². The summed E-state index contributed by atoms with van der Waals surface area (Å²) in [6.45, 7) is 1.75. The van der Waals surface area contributed by atoms with Crippen molar-refractivity contribution in [2.24, 2.45) is 0 Å². The van der Waals surface area contributed by atoms with E-state index in [1.54, 1.807) is 54.4 Å². The molecule has 140 valence electrons. The summed E-state index contributed by atoms with van der Waals surface area (Å²) in [4.78, 5) is 40.6. The van der Waals surface area contributed by atoms with E-state index in [1.807, 2.05) is 13.0 Å². The van der Waals surface area contributed by atoms with Gasteiger partial charge in [-0.1, -0.05) is 28.1 Å². The van der Waals surface area contributed by atoms with Crippen LogP contribution in [0.25, 0.3) is 0 Å². The molecule has 0 aromatic heterocycles. The first-order chi connectivity index (χ1) is 12.9. The third-order valence-corrected chi connectivity index (χ3v) is 4.97. The van der Waals surface area contributed by atoms with E-state index in [0.717, 1.165) is 4.47 Å². The Morgan fingerprint density at radius 3 is 2.56 bits per heavy atom. The molecule has 1 heterocycles. The molecule has 0 saturated heterocycles. The van der Waals surface area contributed by atoms with E-state index in [0.29, 0.717) is 16.9 Å². The number of halogens is 1. The van der Waals surface area contributed by atoms with Crippen LogP contribution in [0.3, 0.4) is 0 Å². The molecule has 0 saturated carbocycles. The number of amides is 3. The second-order valence-corrected chi connectivity index (χ2v) is 7.47. The lowest BCUT2D eigenvalue weighted by Crippen LogP contribution is -2.45. The van der Waals surface area contributed by atoms with E-state index in [1.165, 1.54) is 4.90 Å². The van der Waals surface area contributed by atoms with Gasteiger partial charge >= 0.3 is 0 Å². The number of hydrogen-bond donors (Lipinski definition) is 1. The van der Waals surface area contributed by atoms with Gasteiger partial charge in [-0.15, -0.1) is 0 Å². The summed E-state index contributed by atoms with van der Waals surface area (Å²) in [5, 5.41) is 2.83. The number of benzene rings is 2. The molecule has 7 heteroatoms. The molecular formula is C20H20BrN3O3. The number of nitrogens with zero attached hydrogens (tertiary/aromatic N) is 2. The van der Waals surface area contributed by atoms with E-state index in [2.05, 4.69) is 21.2 Å². The molecule has 2 aromatic carbocycles. The SMILES string of the molecule is C[C@@H]1CC(=O)Nc2ccccc2N1C(=O)CN(C)C(=O)c1ccc(Br)cc1. The number of carbonyl (C=O) groups excluding carboxylic acids is 3. The maximum Gasteiger partial charge on any atom is 0.254 e. The average Bonchev–Trinajstić information content (AvgIpc) is 2.75. The second kappa shape index (κ2) is 7.92. The molecule has 1 N–H and O–H groups in total. The van der Waals surface area contributed by atoms with Gasteiger partial charge < -0.3 is 15.1 Å². The van der Waals surface area contributed by atoms with Gasteiger partial charge in [0.05, 0.1) is 11.4 Å². The Balaban J connectivity index is 1.81. The molecule has 1 atom stereocenters. The second-order valence-electron chi connectivity index (χ2n) is 6.55. The number of para-hydroxylation sites is 2. The summed E-state index contributed by atoms with van der Waals surface area (Å²) in [7, 11) is 1.60. The van der Waals surface area contributed by atoms with Crippen LogP contribution in [0, 0.1) is 0 Å². The van der Waals surface area contributed by atoms with Gasteiger partial charge in [-0.25, -0.2) is 0 Å². The number of hydrogen-bond acceptors (Lipinski definition) is 3. The monoisotopic (exact) mass is 429 g/mol. The zero-order chi connectivity index (χ0) is 19.6. The number of rotatable bonds is 3. The molecule has 3 amide bonds. The van der Waals surface area contributed by atoms with E-state index < -0.39 is 0 Å². The van der Waals surface area contributed by atoms with Gasteiger partial charge in [-0.2, -0.15) is 0 Å². The van der Waals surface area contributed by atoms with Crippen molar-refractivity contribution in [3.63, 3.8) is 0 Å². The summed E-state index contributed by atoms with van der Waals surface area (Å²) in [6, 6.07) is 13.9. The molecule has 1 aliphatic heterocycles. The summed E-state index contributed by atoms with van der Waals surface area (Å²) in [5.74, 6) is -0.607. The summed E-state index contributed by atoms with van der Waals surface area (Å²) >= 11 is 3.34. The van der Waals surface area contributed by atoms with Crippen molar-refractivity contribution < 1.29 is 14.4 Å².